The molecule has 3 rings (SSSR count). The lowest BCUT2D eigenvalue weighted by atomic mass is 10.1. The summed E-state index contributed by atoms with van der Waals surface area (Å²) in [7, 11) is 1.58. The zero-order valence-corrected chi connectivity index (χ0v) is 14.7. The van der Waals surface area contributed by atoms with Crippen LogP contribution in [0.2, 0.25) is 0 Å². The molecule has 0 aliphatic carbocycles. The second kappa shape index (κ2) is 7.65. The standard InChI is InChI=1S/C20H20N4O2/c1-3-18-17(13-22-24(18)16-7-5-4-6-8-16)20(26)23-15-11-9-14(10-12-15)19(25)21-2/h4-13H,3H2,1-2H3,(H,21,25)(H,23,26). The molecule has 2 aromatic carbocycles. The lowest BCUT2D eigenvalue weighted by Crippen LogP contribution is -2.18. The molecular formula is C20H20N4O2. The Kier molecular flexibility index (Phi) is 5.12. The molecule has 0 radical (unpaired) electrons. The quantitative estimate of drug-likeness (QED) is 0.744. The molecule has 2 N–H and O–H groups in total. The van der Waals surface area contributed by atoms with E-state index >= 15 is 0 Å². The highest BCUT2D eigenvalue weighted by molar-refractivity contribution is 6.05. The van der Waals surface area contributed by atoms with Gasteiger partial charge in [0.05, 0.1) is 23.1 Å². The highest BCUT2D eigenvalue weighted by Crippen LogP contribution is 2.18. The first-order chi connectivity index (χ1) is 12.6. The van der Waals surface area contributed by atoms with Gasteiger partial charge in [-0.3, -0.25) is 9.59 Å². The van der Waals surface area contributed by atoms with Gasteiger partial charge in [0.25, 0.3) is 11.8 Å². The van der Waals surface area contributed by atoms with Crippen LogP contribution in [0.5, 0.6) is 0 Å². The van der Waals surface area contributed by atoms with E-state index in [9.17, 15) is 9.59 Å². The fraction of sp³-hybridized carbons (Fsp3) is 0.150. The molecule has 0 aliphatic rings. The number of benzene rings is 2. The molecule has 2 amide bonds. The Labute approximate surface area is 151 Å². The van der Waals surface area contributed by atoms with Crippen molar-refractivity contribution < 1.29 is 9.59 Å². The van der Waals surface area contributed by atoms with Gasteiger partial charge in [-0.2, -0.15) is 5.10 Å². The maximum absolute atomic E-state index is 12.7. The summed E-state index contributed by atoms with van der Waals surface area (Å²) in [6, 6.07) is 16.5. The molecule has 0 aliphatic heterocycles. The second-order valence-corrected chi connectivity index (χ2v) is 5.72. The molecular weight excluding hydrogens is 328 g/mol. The Hall–Kier alpha value is -3.41. The number of aromatic nitrogens is 2. The van der Waals surface area contributed by atoms with Gasteiger partial charge in [-0.1, -0.05) is 25.1 Å². The Bertz CT molecular complexity index is 915. The van der Waals surface area contributed by atoms with E-state index in [0.717, 1.165) is 11.4 Å². The predicted molar refractivity (Wildman–Crippen MR) is 101 cm³/mol. The Morgan fingerprint density at radius 3 is 2.31 bits per heavy atom. The largest absolute Gasteiger partial charge is 0.355 e. The van der Waals surface area contributed by atoms with Crippen LogP contribution in [0.15, 0.2) is 60.8 Å². The van der Waals surface area contributed by atoms with Crippen molar-refractivity contribution in [1.82, 2.24) is 15.1 Å². The van der Waals surface area contributed by atoms with Crippen LogP contribution in [-0.4, -0.2) is 28.6 Å². The topological polar surface area (TPSA) is 76.0 Å². The van der Waals surface area contributed by atoms with Crippen molar-refractivity contribution in [1.29, 1.82) is 0 Å². The molecule has 1 aromatic heterocycles. The van der Waals surface area contributed by atoms with Gasteiger partial charge in [0.15, 0.2) is 0 Å². The van der Waals surface area contributed by atoms with Crippen LogP contribution in [0.25, 0.3) is 5.69 Å². The summed E-state index contributed by atoms with van der Waals surface area (Å²) in [5, 5.41) is 9.79. The second-order valence-electron chi connectivity index (χ2n) is 5.72. The third kappa shape index (κ3) is 3.49. The number of rotatable bonds is 5. The lowest BCUT2D eigenvalue weighted by Gasteiger charge is -2.09. The van der Waals surface area contributed by atoms with Gasteiger partial charge in [-0.05, 0) is 42.8 Å². The molecule has 132 valence electrons. The number of amides is 2. The van der Waals surface area contributed by atoms with E-state index in [4.69, 9.17) is 0 Å². The van der Waals surface area contributed by atoms with Crippen LogP contribution < -0.4 is 10.6 Å². The number of nitrogens with zero attached hydrogens (tertiary/aromatic N) is 2. The van der Waals surface area contributed by atoms with Crippen molar-refractivity contribution in [2.45, 2.75) is 13.3 Å². The van der Waals surface area contributed by atoms with Crippen molar-refractivity contribution in [3.8, 4) is 5.69 Å². The van der Waals surface area contributed by atoms with Crippen molar-refractivity contribution in [3.63, 3.8) is 0 Å². The molecule has 0 bridgehead atoms. The fourth-order valence-electron chi connectivity index (χ4n) is 2.74. The number of para-hydroxylation sites is 1. The molecule has 0 atom stereocenters. The molecule has 0 fully saturated rings. The molecule has 26 heavy (non-hydrogen) atoms. The highest BCUT2D eigenvalue weighted by atomic mass is 16.2. The minimum Gasteiger partial charge on any atom is -0.355 e. The lowest BCUT2D eigenvalue weighted by molar-refractivity contribution is 0.0962. The summed E-state index contributed by atoms with van der Waals surface area (Å²) >= 11 is 0. The Balaban J connectivity index is 1.82. The van der Waals surface area contributed by atoms with E-state index in [2.05, 4.69) is 15.7 Å². The Morgan fingerprint density at radius 2 is 1.69 bits per heavy atom. The maximum Gasteiger partial charge on any atom is 0.259 e. The zero-order valence-electron chi connectivity index (χ0n) is 14.7. The third-order valence-electron chi connectivity index (χ3n) is 4.08. The van der Waals surface area contributed by atoms with Crippen molar-refractivity contribution in [3.05, 3.63) is 77.6 Å². The van der Waals surface area contributed by atoms with Crippen LogP contribution in [0.1, 0.15) is 33.3 Å². The zero-order chi connectivity index (χ0) is 18.5. The van der Waals surface area contributed by atoms with Gasteiger partial charge in [-0.25, -0.2) is 4.68 Å². The van der Waals surface area contributed by atoms with E-state index in [-0.39, 0.29) is 11.8 Å². The number of hydrogen-bond donors (Lipinski definition) is 2. The highest BCUT2D eigenvalue weighted by Gasteiger charge is 2.17. The maximum atomic E-state index is 12.7. The van der Waals surface area contributed by atoms with Gasteiger partial charge < -0.3 is 10.6 Å². The average molecular weight is 348 g/mol. The van der Waals surface area contributed by atoms with Crippen molar-refractivity contribution in [2.24, 2.45) is 0 Å². The summed E-state index contributed by atoms with van der Waals surface area (Å²) in [4.78, 5) is 24.2. The fourth-order valence-corrected chi connectivity index (χ4v) is 2.74. The first kappa shape index (κ1) is 17.4. The predicted octanol–water partition coefficient (Wildman–Crippen LogP) is 3.05. The molecule has 6 heteroatoms. The van der Waals surface area contributed by atoms with Crippen molar-refractivity contribution >= 4 is 17.5 Å². The minimum absolute atomic E-state index is 0.166. The third-order valence-corrected chi connectivity index (χ3v) is 4.08. The smallest absolute Gasteiger partial charge is 0.259 e. The van der Waals surface area contributed by atoms with E-state index < -0.39 is 0 Å². The summed E-state index contributed by atoms with van der Waals surface area (Å²) in [6.07, 6.45) is 2.26. The average Bonchev–Trinajstić information content (AvgIpc) is 3.13. The molecule has 3 aromatic rings. The molecule has 0 unspecified atom stereocenters. The van der Waals surface area contributed by atoms with Crippen LogP contribution in [0, 0.1) is 0 Å². The monoisotopic (exact) mass is 348 g/mol. The molecule has 6 nitrogen and oxygen atoms in total. The van der Waals surface area contributed by atoms with Gasteiger partial charge in [-0.15, -0.1) is 0 Å². The van der Waals surface area contributed by atoms with Gasteiger partial charge in [0, 0.05) is 18.3 Å². The number of carbonyl (C=O) groups is 2. The first-order valence-electron chi connectivity index (χ1n) is 8.40. The van der Waals surface area contributed by atoms with Crippen LogP contribution in [0.3, 0.4) is 0 Å². The van der Waals surface area contributed by atoms with Crippen molar-refractivity contribution in [2.75, 3.05) is 12.4 Å². The van der Waals surface area contributed by atoms with Crippen LogP contribution in [-0.2, 0) is 6.42 Å². The van der Waals surface area contributed by atoms with E-state index in [1.807, 2.05) is 37.3 Å². The van der Waals surface area contributed by atoms with Crippen LogP contribution >= 0.6 is 0 Å². The van der Waals surface area contributed by atoms with E-state index in [1.165, 1.54) is 0 Å². The summed E-state index contributed by atoms with van der Waals surface area (Å²) in [6.45, 7) is 1.99. The van der Waals surface area contributed by atoms with Gasteiger partial charge in [0.1, 0.15) is 0 Å². The van der Waals surface area contributed by atoms with Crippen LogP contribution in [0.4, 0.5) is 5.69 Å². The number of anilines is 1. The normalized spacial score (nSPS) is 10.4. The summed E-state index contributed by atoms with van der Waals surface area (Å²) in [5.74, 6) is -0.392. The molecule has 0 saturated carbocycles. The van der Waals surface area contributed by atoms with Gasteiger partial charge >= 0.3 is 0 Å². The van der Waals surface area contributed by atoms with Gasteiger partial charge in [0.2, 0.25) is 0 Å². The number of hydrogen-bond acceptors (Lipinski definition) is 3. The first-order valence-corrected chi connectivity index (χ1v) is 8.40. The molecule has 1 heterocycles. The summed E-state index contributed by atoms with van der Waals surface area (Å²) < 4.78 is 1.78. The number of nitrogens with one attached hydrogen (secondary N) is 2. The summed E-state index contributed by atoms with van der Waals surface area (Å²) in [5.41, 5.74) is 3.45. The number of carbonyl (C=O) groups excluding carboxylic acids is 2. The minimum atomic E-state index is -0.225. The SMILES string of the molecule is CCc1c(C(=O)Nc2ccc(C(=O)NC)cc2)cnn1-c1ccccc1. The van der Waals surface area contributed by atoms with E-state index in [0.29, 0.717) is 23.2 Å². The Morgan fingerprint density at radius 1 is 1.00 bits per heavy atom. The van der Waals surface area contributed by atoms with E-state index in [1.54, 1.807) is 42.2 Å². The molecule has 0 spiro atoms. The molecule has 0 saturated heterocycles.